The monoisotopic (exact) mass is 311 g/mol. The molecule has 5 heteroatoms. The Labute approximate surface area is 133 Å². The summed E-state index contributed by atoms with van der Waals surface area (Å²) >= 11 is 6.19. The van der Waals surface area contributed by atoms with Gasteiger partial charge in [-0.05, 0) is 17.7 Å². The Morgan fingerprint density at radius 2 is 1.82 bits per heavy atom. The number of aromatic nitrogens is 2. The summed E-state index contributed by atoms with van der Waals surface area (Å²) < 4.78 is 5.80. The molecular weight excluding hydrogens is 298 g/mol. The van der Waals surface area contributed by atoms with Gasteiger partial charge in [-0.15, -0.1) is 0 Å². The molecule has 1 heterocycles. The highest BCUT2D eigenvalue weighted by Crippen LogP contribution is 2.30. The number of hydrogen-bond acceptors (Lipinski definition) is 4. The molecule has 0 saturated carbocycles. The molecule has 0 aliphatic rings. The summed E-state index contributed by atoms with van der Waals surface area (Å²) in [6, 6.07) is 15.4. The van der Waals surface area contributed by atoms with E-state index in [1.807, 2.05) is 42.5 Å². The van der Waals surface area contributed by atoms with Crippen LogP contribution >= 0.6 is 11.6 Å². The zero-order chi connectivity index (χ0) is 15.4. The van der Waals surface area contributed by atoms with Crippen molar-refractivity contribution in [3.05, 3.63) is 71.5 Å². The minimum absolute atomic E-state index is 0.387. The van der Waals surface area contributed by atoms with Crippen molar-refractivity contribution in [2.75, 3.05) is 5.73 Å². The lowest BCUT2D eigenvalue weighted by molar-refractivity contribution is 0.306. The number of ether oxygens (including phenoxy) is 1. The van der Waals surface area contributed by atoms with Crippen molar-refractivity contribution >= 4 is 17.4 Å². The number of nitrogen functional groups attached to an aromatic ring is 1. The maximum atomic E-state index is 6.19. The molecule has 110 valence electrons. The molecule has 0 spiro atoms. The molecule has 0 fully saturated rings. The topological polar surface area (TPSA) is 61.0 Å². The van der Waals surface area contributed by atoms with Crippen LogP contribution in [0.5, 0.6) is 5.75 Å². The lowest BCUT2D eigenvalue weighted by Gasteiger charge is -2.10. The van der Waals surface area contributed by atoms with Gasteiger partial charge in [0.2, 0.25) is 0 Å². The predicted molar refractivity (Wildman–Crippen MR) is 87.7 cm³/mol. The average molecular weight is 312 g/mol. The van der Waals surface area contributed by atoms with Gasteiger partial charge in [0.15, 0.2) is 0 Å². The van der Waals surface area contributed by atoms with Crippen LogP contribution < -0.4 is 10.5 Å². The van der Waals surface area contributed by atoms with Crippen LogP contribution in [0.4, 0.5) is 5.82 Å². The Morgan fingerprint density at radius 1 is 1.00 bits per heavy atom. The maximum absolute atomic E-state index is 6.19. The van der Waals surface area contributed by atoms with Crippen molar-refractivity contribution < 1.29 is 4.74 Å². The Hall–Kier alpha value is -2.59. The van der Waals surface area contributed by atoms with E-state index < -0.39 is 0 Å². The van der Waals surface area contributed by atoms with E-state index in [0.29, 0.717) is 23.2 Å². The normalized spacial score (nSPS) is 10.4. The molecule has 3 rings (SSSR count). The molecule has 1 aromatic heterocycles. The second-order valence-electron chi connectivity index (χ2n) is 4.75. The number of hydrogen-bond donors (Lipinski definition) is 1. The SMILES string of the molecule is Nc1cnc(-c2ccc(Cl)c(OCc3ccccc3)c2)cn1. The second kappa shape index (κ2) is 6.45. The summed E-state index contributed by atoms with van der Waals surface area (Å²) in [4.78, 5) is 8.29. The van der Waals surface area contributed by atoms with Gasteiger partial charge in [0, 0.05) is 5.56 Å². The number of rotatable bonds is 4. The van der Waals surface area contributed by atoms with E-state index in [4.69, 9.17) is 22.1 Å². The molecule has 0 saturated heterocycles. The second-order valence-corrected chi connectivity index (χ2v) is 5.15. The van der Waals surface area contributed by atoms with Crippen molar-refractivity contribution in [3.63, 3.8) is 0 Å². The van der Waals surface area contributed by atoms with Crippen LogP contribution in [-0.4, -0.2) is 9.97 Å². The third-order valence-corrected chi connectivity index (χ3v) is 3.45. The molecule has 0 aliphatic carbocycles. The number of nitrogens with two attached hydrogens (primary N) is 1. The quantitative estimate of drug-likeness (QED) is 0.792. The Bertz CT molecular complexity index is 761. The van der Waals surface area contributed by atoms with Crippen LogP contribution in [0.25, 0.3) is 11.3 Å². The number of benzene rings is 2. The van der Waals surface area contributed by atoms with E-state index in [0.717, 1.165) is 16.8 Å². The molecule has 4 nitrogen and oxygen atoms in total. The largest absolute Gasteiger partial charge is 0.487 e. The summed E-state index contributed by atoms with van der Waals surface area (Å²) in [5, 5.41) is 0.558. The highest BCUT2D eigenvalue weighted by atomic mass is 35.5. The Morgan fingerprint density at radius 3 is 2.55 bits per heavy atom. The molecule has 0 amide bonds. The van der Waals surface area contributed by atoms with Gasteiger partial charge < -0.3 is 10.5 Å². The number of halogens is 1. The van der Waals surface area contributed by atoms with Crippen LogP contribution in [0.3, 0.4) is 0 Å². The fraction of sp³-hybridized carbons (Fsp3) is 0.0588. The summed E-state index contributed by atoms with van der Waals surface area (Å²) in [5.41, 5.74) is 8.22. The first-order chi connectivity index (χ1) is 10.7. The molecule has 22 heavy (non-hydrogen) atoms. The lowest BCUT2D eigenvalue weighted by Crippen LogP contribution is -1.97. The van der Waals surface area contributed by atoms with Crippen molar-refractivity contribution in [3.8, 4) is 17.0 Å². The van der Waals surface area contributed by atoms with E-state index in [1.54, 1.807) is 12.3 Å². The standard InChI is InChI=1S/C17H14ClN3O/c18-14-7-6-13(15-9-21-17(19)10-20-15)8-16(14)22-11-12-4-2-1-3-5-12/h1-10H,11H2,(H2,19,21). The van der Waals surface area contributed by atoms with E-state index in [2.05, 4.69) is 9.97 Å². The van der Waals surface area contributed by atoms with Crippen molar-refractivity contribution in [2.24, 2.45) is 0 Å². The summed E-state index contributed by atoms with van der Waals surface area (Å²) in [5.74, 6) is 1.000. The minimum Gasteiger partial charge on any atom is -0.487 e. The highest BCUT2D eigenvalue weighted by molar-refractivity contribution is 6.32. The fourth-order valence-electron chi connectivity index (χ4n) is 2.00. The van der Waals surface area contributed by atoms with Crippen LogP contribution in [0.2, 0.25) is 5.02 Å². The van der Waals surface area contributed by atoms with E-state index >= 15 is 0 Å². The lowest BCUT2D eigenvalue weighted by atomic mass is 10.1. The van der Waals surface area contributed by atoms with Crippen LogP contribution in [0.1, 0.15) is 5.56 Å². The molecule has 2 aromatic carbocycles. The Balaban J connectivity index is 1.82. The predicted octanol–water partition coefficient (Wildman–Crippen LogP) is 3.96. The van der Waals surface area contributed by atoms with E-state index in [1.165, 1.54) is 6.20 Å². The van der Waals surface area contributed by atoms with Gasteiger partial charge in [0.25, 0.3) is 0 Å². The average Bonchev–Trinajstić information content (AvgIpc) is 2.56. The van der Waals surface area contributed by atoms with E-state index in [-0.39, 0.29) is 0 Å². The molecule has 0 radical (unpaired) electrons. The number of anilines is 1. The Kier molecular flexibility index (Phi) is 4.21. The number of nitrogens with zero attached hydrogens (tertiary/aromatic N) is 2. The first kappa shape index (κ1) is 14.4. The molecule has 0 aliphatic heterocycles. The van der Waals surface area contributed by atoms with Gasteiger partial charge in [-0.3, -0.25) is 4.98 Å². The smallest absolute Gasteiger partial charge is 0.141 e. The van der Waals surface area contributed by atoms with Gasteiger partial charge >= 0.3 is 0 Å². The van der Waals surface area contributed by atoms with Gasteiger partial charge in [-0.1, -0.05) is 48.0 Å². The van der Waals surface area contributed by atoms with Crippen molar-refractivity contribution in [1.82, 2.24) is 9.97 Å². The van der Waals surface area contributed by atoms with E-state index in [9.17, 15) is 0 Å². The molecule has 0 atom stereocenters. The summed E-state index contributed by atoms with van der Waals surface area (Å²) in [6.45, 7) is 0.456. The summed E-state index contributed by atoms with van der Waals surface area (Å²) in [7, 11) is 0. The minimum atomic E-state index is 0.387. The zero-order valence-corrected chi connectivity index (χ0v) is 12.5. The van der Waals surface area contributed by atoms with Gasteiger partial charge in [-0.2, -0.15) is 0 Å². The third kappa shape index (κ3) is 3.35. The first-order valence-electron chi connectivity index (χ1n) is 6.76. The molecule has 0 unspecified atom stereocenters. The van der Waals surface area contributed by atoms with Crippen molar-refractivity contribution in [1.29, 1.82) is 0 Å². The van der Waals surface area contributed by atoms with Crippen molar-refractivity contribution in [2.45, 2.75) is 6.61 Å². The van der Waals surface area contributed by atoms with Gasteiger partial charge in [0.1, 0.15) is 18.2 Å². The first-order valence-corrected chi connectivity index (χ1v) is 7.14. The molecular formula is C17H14ClN3O. The molecule has 0 bridgehead atoms. The molecule has 2 N–H and O–H groups in total. The van der Waals surface area contributed by atoms with Crippen LogP contribution in [0, 0.1) is 0 Å². The fourth-order valence-corrected chi connectivity index (χ4v) is 2.17. The zero-order valence-electron chi connectivity index (χ0n) is 11.7. The highest BCUT2D eigenvalue weighted by Gasteiger charge is 2.07. The van der Waals surface area contributed by atoms with Crippen LogP contribution in [0.15, 0.2) is 60.9 Å². The van der Waals surface area contributed by atoms with Gasteiger partial charge in [0.05, 0.1) is 23.1 Å². The van der Waals surface area contributed by atoms with Gasteiger partial charge in [-0.25, -0.2) is 4.98 Å². The molecule has 3 aromatic rings. The van der Waals surface area contributed by atoms with Crippen LogP contribution in [-0.2, 0) is 6.61 Å². The third-order valence-electron chi connectivity index (χ3n) is 3.14. The maximum Gasteiger partial charge on any atom is 0.141 e. The summed E-state index contributed by atoms with van der Waals surface area (Å²) in [6.07, 6.45) is 3.15.